The van der Waals surface area contributed by atoms with Crippen molar-refractivity contribution in [3.05, 3.63) is 0 Å². The molecule has 1 nitrogen and oxygen atoms in total. The van der Waals surface area contributed by atoms with Gasteiger partial charge in [0.25, 0.3) is 0 Å². The Kier molecular flexibility index (Phi) is 5.98. The highest BCUT2D eigenvalue weighted by molar-refractivity contribution is 4.84. The second-order valence-electron chi connectivity index (χ2n) is 6.15. The van der Waals surface area contributed by atoms with Crippen molar-refractivity contribution in [2.24, 2.45) is 5.41 Å². The Morgan fingerprint density at radius 3 is 2.13 bits per heavy atom. The number of nitrogens with one attached hydrogen (secondary N) is 1. The van der Waals surface area contributed by atoms with E-state index in [1.54, 1.807) is 0 Å². The fraction of sp³-hybridized carbons (Fsp3) is 0.857. The summed E-state index contributed by atoms with van der Waals surface area (Å²) in [6, 6.07) is 0. The minimum absolute atomic E-state index is 0.231. The van der Waals surface area contributed by atoms with Crippen molar-refractivity contribution in [2.45, 2.75) is 65.8 Å². The first-order valence-electron chi connectivity index (χ1n) is 5.95. The smallest absolute Gasteiger partial charge is 0.00965 e. The molecule has 0 atom stereocenters. The molecule has 0 radical (unpaired) electrons. The number of terminal acetylenes is 1. The molecule has 0 aliphatic carbocycles. The number of hydrogen-bond acceptors (Lipinski definition) is 1. The van der Waals surface area contributed by atoms with Gasteiger partial charge in [-0.15, -0.1) is 12.3 Å². The maximum absolute atomic E-state index is 5.25. The first kappa shape index (κ1) is 14.5. The van der Waals surface area contributed by atoms with Gasteiger partial charge in [0.15, 0.2) is 0 Å². The van der Waals surface area contributed by atoms with Crippen LogP contribution in [-0.4, -0.2) is 12.1 Å². The zero-order valence-corrected chi connectivity index (χ0v) is 11.1. The zero-order chi connectivity index (χ0) is 11.9. The Bertz CT molecular complexity index is 202. The van der Waals surface area contributed by atoms with Gasteiger partial charge in [0, 0.05) is 12.0 Å². The first-order valence-corrected chi connectivity index (χ1v) is 5.95. The molecule has 0 rings (SSSR count). The molecule has 0 aromatic rings. The van der Waals surface area contributed by atoms with Gasteiger partial charge in [-0.2, -0.15) is 0 Å². The minimum atomic E-state index is 0.231. The lowest BCUT2D eigenvalue weighted by molar-refractivity contribution is 0.279. The molecule has 1 heteroatoms. The van der Waals surface area contributed by atoms with Gasteiger partial charge in [-0.3, -0.25) is 0 Å². The highest BCUT2D eigenvalue weighted by atomic mass is 14.9. The van der Waals surface area contributed by atoms with Gasteiger partial charge in [0.1, 0.15) is 0 Å². The molecule has 0 saturated carbocycles. The van der Waals surface area contributed by atoms with E-state index >= 15 is 0 Å². The summed E-state index contributed by atoms with van der Waals surface area (Å²) < 4.78 is 0. The summed E-state index contributed by atoms with van der Waals surface area (Å²) in [5.41, 5.74) is 0.643. The van der Waals surface area contributed by atoms with Crippen LogP contribution < -0.4 is 5.32 Å². The fourth-order valence-corrected chi connectivity index (χ4v) is 1.57. The van der Waals surface area contributed by atoms with E-state index in [2.05, 4.69) is 45.9 Å². The Morgan fingerprint density at radius 2 is 1.67 bits per heavy atom. The van der Waals surface area contributed by atoms with Gasteiger partial charge in [0.05, 0.1) is 0 Å². The molecule has 0 aliphatic rings. The molecule has 0 spiro atoms. The average molecular weight is 209 g/mol. The minimum Gasteiger partial charge on any atom is -0.312 e. The summed E-state index contributed by atoms with van der Waals surface area (Å²) in [6.45, 7) is 12.4. The van der Waals surface area contributed by atoms with Crippen LogP contribution in [0.2, 0.25) is 0 Å². The van der Waals surface area contributed by atoms with Crippen molar-refractivity contribution in [1.82, 2.24) is 5.32 Å². The van der Waals surface area contributed by atoms with Crippen LogP contribution >= 0.6 is 0 Å². The summed E-state index contributed by atoms with van der Waals surface area (Å²) in [5, 5.41) is 3.53. The van der Waals surface area contributed by atoms with Crippen LogP contribution in [0.25, 0.3) is 0 Å². The van der Waals surface area contributed by atoms with Gasteiger partial charge in [-0.25, -0.2) is 0 Å². The van der Waals surface area contributed by atoms with Crippen LogP contribution in [0.1, 0.15) is 60.3 Å². The topological polar surface area (TPSA) is 12.0 Å². The van der Waals surface area contributed by atoms with Crippen molar-refractivity contribution < 1.29 is 0 Å². The van der Waals surface area contributed by atoms with Crippen LogP contribution in [0.4, 0.5) is 0 Å². The molecule has 0 amide bonds. The van der Waals surface area contributed by atoms with E-state index in [1.807, 2.05) is 0 Å². The Hall–Kier alpha value is -0.480. The lowest BCUT2D eigenvalue weighted by Gasteiger charge is -2.27. The SMILES string of the molecule is C#CCCCC(C)(C)CCNC(C)(C)C. The molecule has 0 saturated heterocycles. The summed E-state index contributed by atoms with van der Waals surface area (Å²) in [5.74, 6) is 2.71. The molecule has 0 heterocycles. The zero-order valence-electron chi connectivity index (χ0n) is 11.1. The second kappa shape index (κ2) is 6.18. The van der Waals surface area contributed by atoms with E-state index in [9.17, 15) is 0 Å². The maximum atomic E-state index is 5.25. The van der Waals surface area contributed by atoms with Gasteiger partial charge in [-0.05, 0) is 52.0 Å². The Balaban J connectivity index is 3.70. The summed E-state index contributed by atoms with van der Waals surface area (Å²) >= 11 is 0. The molecule has 1 N–H and O–H groups in total. The highest BCUT2D eigenvalue weighted by Crippen LogP contribution is 2.26. The third-order valence-electron chi connectivity index (χ3n) is 2.63. The van der Waals surface area contributed by atoms with Crippen molar-refractivity contribution in [2.75, 3.05) is 6.54 Å². The third-order valence-corrected chi connectivity index (χ3v) is 2.63. The van der Waals surface area contributed by atoms with E-state index in [0.717, 1.165) is 19.4 Å². The fourth-order valence-electron chi connectivity index (χ4n) is 1.57. The standard InChI is InChI=1S/C14H27N/c1-7-8-9-10-14(5,6)11-12-15-13(2,3)4/h1,15H,8-12H2,2-6H3. The van der Waals surface area contributed by atoms with Crippen molar-refractivity contribution >= 4 is 0 Å². The van der Waals surface area contributed by atoms with Crippen LogP contribution in [0.3, 0.4) is 0 Å². The van der Waals surface area contributed by atoms with E-state index in [0.29, 0.717) is 5.41 Å². The van der Waals surface area contributed by atoms with Gasteiger partial charge < -0.3 is 5.32 Å². The molecule has 0 aromatic heterocycles. The lowest BCUT2D eigenvalue weighted by atomic mass is 9.83. The van der Waals surface area contributed by atoms with Crippen LogP contribution in [0, 0.1) is 17.8 Å². The molecule has 0 aromatic carbocycles. The Morgan fingerprint density at radius 1 is 1.07 bits per heavy atom. The molecular weight excluding hydrogens is 182 g/mol. The van der Waals surface area contributed by atoms with Crippen molar-refractivity contribution in [3.63, 3.8) is 0 Å². The molecule has 0 unspecified atom stereocenters. The molecule has 15 heavy (non-hydrogen) atoms. The third kappa shape index (κ3) is 9.82. The van der Waals surface area contributed by atoms with Gasteiger partial charge in [0.2, 0.25) is 0 Å². The molecule has 0 aliphatic heterocycles. The first-order chi connectivity index (χ1) is 6.77. The molecular formula is C14H27N. The predicted octanol–water partition coefficient (Wildman–Crippen LogP) is 3.59. The van der Waals surface area contributed by atoms with E-state index < -0.39 is 0 Å². The van der Waals surface area contributed by atoms with Gasteiger partial charge >= 0.3 is 0 Å². The van der Waals surface area contributed by atoms with Crippen molar-refractivity contribution in [3.8, 4) is 12.3 Å². The summed E-state index contributed by atoms with van der Waals surface area (Å²) in [7, 11) is 0. The van der Waals surface area contributed by atoms with Crippen molar-refractivity contribution in [1.29, 1.82) is 0 Å². The van der Waals surface area contributed by atoms with E-state index in [-0.39, 0.29) is 5.54 Å². The normalized spacial score (nSPS) is 12.5. The lowest BCUT2D eigenvalue weighted by Crippen LogP contribution is -2.37. The monoisotopic (exact) mass is 209 g/mol. The summed E-state index contributed by atoms with van der Waals surface area (Å²) in [6.07, 6.45) is 9.76. The number of rotatable bonds is 6. The predicted molar refractivity (Wildman–Crippen MR) is 68.8 cm³/mol. The Labute approximate surface area is 96.0 Å². The molecule has 88 valence electrons. The van der Waals surface area contributed by atoms with Crippen LogP contribution in [0.15, 0.2) is 0 Å². The second-order valence-corrected chi connectivity index (χ2v) is 6.15. The maximum Gasteiger partial charge on any atom is 0.00965 e. The highest BCUT2D eigenvalue weighted by Gasteiger charge is 2.18. The number of hydrogen-bond donors (Lipinski definition) is 1. The average Bonchev–Trinajstić information content (AvgIpc) is 2.01. The van der Waals surface area contributed by atoms with Gasteiger partial charge in [-0.1, -0.05) is 13.8 Å². The quantitative estimate of drug-likeness (QED) is 0.520. The summed E-state index contributed by atoms with van der Waals surface area (Å²) in [4.78, 5) is 0. The van der Waals surface area contributed by atoms with E-state index in [4.69, 9.17) is 6.42 Å². The number of unbranched alkanes of at least 4 members (excludes halogenated alkanes) is 1. The van der Waals surface area contributed by atoms with E-state index in [1.165, 1.54) is 12.8 Å². The largest absolute Gasteiger partial charge is 0.312 e. The van der Waals surface area contributed by atoms with Crippen LogP contribution in [0.5, 0.6) is 0 Å². The molecule has 0 bridgehead atoms. The molecule has 0 fully saturated rings. The van der Waals surface area contributed by atoms with Crippen LogP contribution in [-0.2, 0) is 0 Å².